The largest absolute Gasteiger partial charge is 0.507 e. The third-order valence-corrected chi connectivity index (χ3v) is 6.58. The van der Waals surface area contributed by atoms with Crippen LogP contribution in [0.4, 0.5) is 0 Å². The maximum Gasteiger partial charge on any atom is 0.258 e. The summed E-state index contributed by atoms with van der Waals surface area (Å²) in [5.41, 5.74) is 0.422. The summed E-state index contributed by atoms with van der Waals surface area (Å²) in [6.45, 7) is -0.371. The average Bonchev–Trinajstić information content (AvgIpc) is 3.04. The number of sulfone groups is 1. The summed E-state index contributed by atoms with van der Waals surface area (Å²) < 4.78 is 34.2. The molecule has 8 nitrogen and oxygen atoms in total. The van der Waals surface area contributed by atoms with E-state index in [-0.39, 0.29) is 40.6 Å². The molecule has 1 fully saturated rings. The highest BCUT2D eigenvalue weighted by Crippen LogP contribution is 2.31. The van der Waals surface area contributed by atoms with Gasteiger partial charge in [0.25, 0.3) is 5.91 Å². The minimum atomic E-state index is -3.10. The van der Waals surface area contributed by atoms with Crippen molar-refractivity contribution in [3.63, 3.8) is 0 Å². The predicted molar refractivity (Wildman–Crippen MR) is 110 cm³/mol. The molecule has 0 saturated carbocycles. The van der Waals surface area contributed by atoms with Crippen LogP contribution in [0.1, 0.15) is 6.42 Å². The number of amides is 1. The molecule has 3 aromatic rings. The number of phenolic OH excluding ortho intramolecular Hbond substituents is 1. The first-order valence-corrected chi connectivity index (χ1v) is 11.1. The number of hydrogen-bond acceptors (Lipinski definition) is 7. The summed E-state index contributed by atoms with van der Waals surface area (Å²) >= 11 is 0. The second-order valence-corrected chi connectivity index (χ2v) is 9.34. The van der Waals surface area contributed by atoms with Gasteiger partial charge in [0.15, 0.2) is 21.9 Å². The van der Waals surface area contributed by atoms with Gasteiger partial charge in [-0.2, -0.15) is 0 Å². The minimum absolute atomic E-state index is 0.0163. The lowest BCUT2D eigenvalue weighted by molar-refractivity contribution is -0.123. The molecule has 1 aliphatic heterocycles. The fraction of sp³-hybridized carbons (Fsp3) is 0.238. The van der Waals surface area contributed by atoms with Gasteiger partial charge in [-0.25, -0.2) is 8.42 Å². The zero-order chi connectivity index (χ0) is 21.3. The number of phenols is 1. The number of ether oxygens (including phenoxy) is 1. The number of nitrogens with one attached hydrogen (secondary N) is 1. The highest BCUT2D eigenvalue weighted by molar-refractivity contribution is 7.91. The molecule has 1 saturated heterocycles. The Balaban J connectivity index is 1.53. The molecule has 0 radical (unpaired) electrons. The van der Waals surface area contributed by atoms with Gasteiger partial charge in [-0.3, -0.25) is 9.59 Å². The summed E-state index contributed by atoms with van der Waals surface area (Å²) in [4.78, 5) is 24.5. The number of fused-ring (bicyclic) bond motifs is 1. The van der Waals surface area contributed by atoms with Crippen LogP contribution >= 0.6 is 0 Å². The molecule has 1 amide bonds. The van der Waals surface area contributed by atoms with Crippen LogP contribution < -0.4 is 15.5 Å². The summed E-state index contributed by atoms with van der Waals surface area (Å²) in [5.74, 6) is -0.343. The third-order valence-electron chi connectivity index (χ3n) is 4.81. The maximum absolute atomic E-state index is 12.4. The zero-order valence-corrected chi connectivity index (χ0v) is 16.6. The molecule has 1 aromatic heterocycles. The van der Waals surface area contributed by atoms with Crippen LogP contribution in [-0.4, -0.2) is 43.6 Å². The number of carbonyl (C=O) groups is 1. The van der Waals surface area contributed by atoms with Crippen LogP contribution in [-0.2, 0) is 14.6 Å². The Bertz CT molecular complexity index is 1270. The molecule has 156 valence electrons. The Morgan fingerprint density at radius 2 is 1.97 bits per heavy atom. The average molecular weight is 429 g/mol. The van der Waals surface area contributed by atoms with E-state index in [9.17, 15) is 23.1 Å². The van der Waals surface area contributed by atoms with Crippen molar-refractivity contribution in [1.82, 2.24) is 5.32 Å². The van der Waals surface area contributed by atoms with Gasteiger partial charge in [0, 0.05) is 29.8 Å². The fourth-order valence-corrected chi connectivity index (χ4v) is 5.07. The van der Waals surface area contributed by atoms with E-state index in [0.717, 1.165) is 0 Å². The van der Waals surface area contributed by atoms with Gasteiger partial charge in [0.1, 0.15) is 28.2 Å². The van der Waals surface area contributed by atoms with Gasteiger partial charge in [-0.1, -0.05) is 30.3 Å². The van der Waals surface area contributed by atoms with Crippen molar-refractivity contribution in [3.8, 4) is 22.8 Å². The number of hydrogen-bond donors (Lipinski definition) is 2. The Kier molecular flexibility index (Phi) is 5.21. The molecule has 2 heterocycles. The van der Waals surface area contributed by atoms with Crippen LogP contribution in [0, 0.1) is 0 Å². The molecular formula is C21H19NO7S. The number of carbonyl (C=O) groups excluding carboxylic acids is 1. The Morgan fingerprint density at radius 3 is 2.67 bits per heavy atom. The second kappa shape index (κ2) is 7.83. The number of rotatable bonds is 5. The molecule has 2 aromatic carbocycles. The molecule has 1 aliphatic rings. The van der Waals surface area contributed by atoms with E-state index in [4.69, 9.17) is 9.15 Å². The zero-order valence-electron chi connectivity index (χ0n) is 15.8. The molecule has 9 heteroatoms. The minimum Gasteiger partial charge on any atom is -0.507 e. The van der Waals surface area contributed by atoms with E-state index in [2.05, 4.69) is 5.32 Å². The molecule has 0 spiro atoms. The Morgan fingerprint density at radius 1 is 1.20 bits per heavy atom. The lowest BCUT2D eigenvalue weighted by Gasteiger charge is -2.12. The van der Waals surface area contributed by atoms with E-state index < -0.39 is 27.2 Å². The molecular weight excluding hydrogens is 410 g/mol. The van der Waals surface area contributed by atoms with Crippen molar-refractivity contribution in [2.24, 2.45) is 0 Å². The van der Waals surface area contributed by atoms with E-state index in [0.29, 0.717) is 17.7 Å². The monoisotopic (exact) mass is 429 g/mol. The normalized spacial score (nSPS) is 17.7. The summed E-state index contributed by atoms with van der Waals surface area (Å²) in [6, 6.07) is 12.6. The highest BCUT2D eigenvalue weighted by atomic mass is 32.2. The smallest absolute Gasteiger partial charge is 0.258 e. The molecule has 1 unspecified atom stereocenters. The first-order valence-electron chi connectivity index (χ1n) is 9.30. The second-order valence-electron chi connectivity index (χ2n) is 7.11. The van der Waals surface area contributed by atoms with Gasteiger partial charge in [-0.05, 0) is 6.42 Å². The van der Waals surface area contributed by atoms with Gasteiger partial charge in [0.05, 0.1) is 11.5 Å². The fourth-order valence-electron chi connectivity index (χ4n) is 3.40. The highest BCUT2D eigenvalue weighted by Gasteiger charge is 2.28. The Hall–Kier alpha value is -3.33. The molecule has 1 atom stereocenters. The van der Waals surface area contributed by atoms with Gasteiger partial charge < -0.3 is 19.6 Å². The van der Waals surface area contributed by atoms with Crippen molar-refractivity contribution < 1.29 is 27.5 Å². The molecule has 2 N–H and O–H groups in total. The first-order chi connectivity index (χ1) is 14.3. The predicted octanol–water partition coefficient (Wildman–Crippen LogP) is 1.85. The van der Waals surface area contributed by atoms with Crippen molar-refractivity contribution in [2.45, 2.75) is 12.5 Å². The van der Waals surface area contributed by atoms with Gasteiger partial charge in [-0.15, -0.1) is 0 Å². The van der Waals surface area contributed by atoms with Crippen LogP contribution in [0.2, 0.25) is 0 Å². The SMILES string of the molecule is O=C(COc1cc(O)c2c(=O)cc(-c3ccccc3)oc2c1)NC1CCS(=O)(=O)C1. The first kappa shape index (κ1) is 20.0. The van der Waals surface area contributed by atoms with Gasteiger partial charge in [0.2, 0.25) is 0 Å². The summed E-state index contributed by atoms with van der Waals surface area (Å²) in [6.07, 6.45) is 0.373. The van der Waals surface area contributed by atoms with Crippen molar-refractivity contribution in [1.29, 1.82) is 0 Å². The van der Waals surface area contributed by atoms with Crippen LogP contribution in [0.5, 0.6) is 11.5 Å². The van der Waals surface area contributed by atoms with Crippen LogP contribution in [0.3, 0.4) is 0 Å². The van der Waals surface area contributed by atoms with E-state index >= 15 is 0 Å². The Labute approximate surface area is 172 Å². The molecule has 0 bridgehead atoms. The van der Waals surface area contributed by atoms with Gasteiger partial charge >= 0.3 is 0 Å². The number of aromatic hydroxyl groups is 1. The van der Waals surface area contributed by atoms with Crippen molar-refractivity contribution in [2.75, 3.05) is 18.1 Å². The lowest BCUT2D eigenvalue weighted by atomic mass is 10.1. The summed E-state index contributed by atoms with van der Waals surface area (Å²) in [5, 5.41) is 12.9. The quantitative estimate of drug-likeness (QED) is 0.634. The van der Waals surface area contributed by atoms with E-state index in [1.54, 1.807) is 12.1 Å². The van der Waals surface area contributed by atoms with E-state index in [1.807, 2.05) is 18.2 Å². The topological polar surface area (TPSA) is 123 Å². The molecule has 0 aliphatic carbocycles. The maximum atomic E-state index is 12.4. The van der Waals surface area contributed by atoms with Crippen LogP contribution in [0.25, 0.3) is 22.3 Å². The van der Waals surface area contributed by atoms with Crippen LogP contribution in [0.15, 0.2) is 57.7 Å². The number of benzene rings is 2. The van der Waals surface area contributed by atoms with E-state index in [1.165, 1.54) is 18.2 Å². The van der Waals surface area contributed by atoms with Crippen molar-refractivity contribution >= 4 is 26.7 Å². The summed E-state index contributed by atoms with van der Waals surface area (Å²) in [7, 11) is -3.10. The lowest BCUT2D eigenvalue weighted by Crippen LogP contribution is -2.38. The standard InChI is InChI=1S/C21H19NO7S/c23-16-8-15(28-11-20(25)22-14-6-7-30(26,27)12-14)9-19-21(16)17(24)10-18(29-19)13-4-2-1-3-5-13/h1-5,8-10,14,23H,6-7,11-12H2,(H,22,25). The molecule has 4 rings (SSSR count). The molecule has 30 heavy (non-hydrogen) atoms. The van der Waals surface area contributed by atoms with Crippen molar-refractivity contribution in [3.05, 3.63) is 58.8 Å². The third kappa shape index (κ3) is 4.30.